The van der Waals surface area contributed by atoms with Crippen molar-refractivity contribution in [3.63, 3.8) is 0 Å². The molecule has 1 aromatic heterocycles. The summed E-state index contributed by atoms with van der Waals surface area (Å²) < 4.78 is 18.3. The average molecular weight is 416 g/mol. The van der Waals surface area contributed by atoms with Crippen molar-refractivity contribution < 1.29 is 19.3 Å². The zero-order valence-corrected chi connectivity index (χ0v) is 18.2. The van der Waals surface area contributed by atoms with Crippen molar-refractivity contribution in [1.82, 2.24) is 14.5 Å². The van der Waals surface area contributed by atoms with Crippen molar-refractivity contribution in [2.45, 2.75) is 31.4 Å². The summed E-state index contributed by atoms with van der Waals surface area (Å²) in [6.07, 6.45) is 6.96. The molecule has 1 N–H and O–H groups in total. The lowest BCUT2D eigenvalue weighted by Crippen LogP contribution is -2.58. The van der Waals surface area contributed by atoms with Crippen LogP contribution in [0, 0.1) is 11.8 Å². The van der Waals surface area contributed by atoms with E-state index in [1.165, 1.54) is 12.0 Å². The highest BCUT2D eigenvalue weighted by Crippen LogP contribution is 2.48. The molecule has 30 heavy (non-hydrogen) atoms. The Bertz CT molecular complexity index is 839. The van der Waals surface area contributed by atoms with E-state index in [9.17, 15) is 5.11 Å². The highest BCUT2D eigenvalue weighted by atomic mass is 16.5. The van der Waals surface area contributed by atoms with Crippen LogP contribution in [0.1, 0.15) is 30.7 Å². The molecule has 4 rings (SSSR count). The van der Waals surface area contributed by atoms with E-state index in [-0.39, 0.29) is 11.8 Å². The Morgan fingerprint density at radius 3 is 2.53 bits per heavy atom. The standard InChI is InChI=1S/C23H33N3O4/c1-25-10-9-24-22(25)23(27)18-5-4-6-19(23)16-26(15-18)14-17-7-8-20(21(13-17)29-3)30-12-11-28-2/h7-10,13,18-19,27H,4-6,11-12,14-16H2,1-3H3/t18-,19-/m0/s1. The van der Waals surface area contributed by atoms with Crippen LogP contribution in [0.5, 0.6) is 11.5 Å². The van der Waals surface area contributed by atoms with Crippen molar-refractivity contribution in [3.05, 3.63) is 42.0 Å². The molecule has 2 atom stereocenters. The van der Waals surface area contributed by atoms with Crippen LogP contribution < -0.4 is 9.47 Å². The van der Waals surface area contributed by atoms with Gasteiger partial charge in [-0.1, -0.05) is 12.5 Å². The van der Waals surface area contributed by atoms with Crippen molar-refractivity contribution in [2.24, 2.45) is 18.9 Å². The molecule has 7 heteroatoms. The molecule has 1 saturated heterocycles. The first-order valence-electron chi connectivity index (χ1n) is 10.8. The molecular formula is C23H33N3O4. The predicted octanol–water partition coefficient (Wildman–Crippen LogP) is 2.57. The molecule has 2 heterocycles. The number of piperidine rings is 1. The number of likely N-dealkylation sites (tertiary alicyclic amines) is 1. The van der Waals surface area contributed by atoms with Crippen molar-refractivity contribution in [3.8, 4) is 11.5 Å². The summed E-state index contributed by atoms with van der Waals surface area (Å²) in [5.74, 6) is 2.69. The van der Waals surface area contributed by atoms with Crippen molar-refractivity contribution in [1.29, 1.82) is 0 Å². The predicted molar refractivity (Wildman–Crippen MR) is 114 cm³/mol. The molecule has 1 aromatic carbocycles. The second-order valence-electron chi connectivity index (χ2n) is 8.53. The lowest BCUT2D eigenvalue weighted by Gasteiger charge is -2.52. The highest BCUT2D eigenvalue weighted by molar-refractivity contribution is 5.43. The molecule has 1 aliphatic carbocycles. The van der Waals surface area contributed by atoms with E-state index in [2.05, 4.69) is 22.0 Å². The fourth-order valence-electron chi connectivity index (χ4n) is 5.21. The molecule has 1 saturated carbocycles. The number of methoxy groups -OCH3 is 2. The number of nitrogens with zero attached hydrogens (tertiary/aromatic N) is 3. The second kappa shape index (κ2) is 8.96. The number of hydrogen-bond donors (Lipinski definition) is 1. The lowest BCUT2D eigenvalue weighted by molar-refractivity contribution is -0.155. The molecule has 0 spiro atoms. The average Bonchev–Trinajstić information content (AvgIpc) is 3.16. The van der Waals surface area contributed by atoms with Crippen LogP contribution in [-0.2, 0) is 23.9 Å². The largest absolute Gasteiger partial charge is 0.493 e. The maximum absolute atomic E-state index is 11.7. The van der Waals surface area contributed by atoms with Gasteiger partial charge in [-0.05, 0) is 30.5 Å². The van der Waals surface area contributed by atoms with E-state index in [4.69, 9.17) is 14.2 Å². The third-order valence-corrected chi connectivity index (χ3v) is 6.67. The summed E-state index contributed by atoms with van der Waals surface area (Å²) in [5.41, 5.74) is 0.357. The van der Waals surface area contributed by atoms with Gasteiger partial charge in [0.2, 0.25) is 0 Å². The normalized spacial score (nSPS) is 26.5. The molecule has 1 aliphatic heterocycles. The molecule has 0 radical (unpaired) electrons. The first-order valence-corrected chi connectivity index (χ1v) is 10.8. The molecule has 7 nitrogen and oxygen atoms in total. The molecule has 2 bridgehead atoms. The van der Waals surface area contributed by atoms with Gasteiger partial charge in [0.05, 0.1) is 13.7 Å². The third-order valence-electron chi connectivity index (χ3n) is 6.67. The number of hydrogen-bond acceptors (Lipinski definition) is 6. The first kappa shape index (κ1) is 21.2. The highest BCUT2D eigenvalue weighted by Gasteiger charge is 2.53. The van der Waals surface area contributed by atoms with E-state index in [0.717, 1.165) is 49.8 Å². The van der Waals surface area contributed by atoms with Crippen LogP contribution >= 0.6 is 0 Å². The summed E-state index contributed by atoms with van der Waals surface area (Å²) >= 11 is 0. The monoisotopic (exact) mass is 415 g/mol. The van der Waals surface area contributed by atoms with Gasteiger partial charge in [-0.15, -0.1) is 0 Å². The maximum atomic E-state index is 11.7. The van der Waals surface area contributed by atoms with Crippen molar-refractivity contribution in [2.75, 3.05) is 40.5 Å². The SMILES string of the molecule is COCCOc1ccc(CN2C[C@@H]3CCC[C@@H](C2)C3(O)c2nccn2C)cc1OC. The number of rotatable bonds is 8. The second-order valence-corrected chi connectivity index (χ2v) is 8.53. The Balaban J connectivity index is 1.48. The van der Waals surface area contributed by atoms with E-state index < -0.39 is 5.60 Å². The van der Waals surface area contributed by atoms with Crippen molar-refractivity contribution >= 4 is 0 Å². The van der Waals surface area contributed by atoms with Crippen LogP contribution in [0.2, 0.25) is 0 Å². The Labute approximate surface area is 178 Å². The summed E-state index contributed by atoms with van der Waals surface area (Å²) in [7, 11) is 5.30. The molecule has 2 aliphatic rings. The van der Waals surface area contributed by atoms with Crippen LogP contribution in [-0.4, -0.2) is 60.1 Å². The van der Waals surface area contributed by atoms with E-state index in [0.29, 0.717) is 13.2 Å². The van der Waals surface area contributed by atoms with Gasteiger partial charge >= 0.3 is 0 Å². The number of aromatic nitrogens is 2. The zero-order chi connectivity index (χ0) is 21.1. The van der Waals surface area contributed by atoms with Gasteiger partial charge in [0.1, 0.15) is 18.0 Å². The minimum absolute atomic E-state index is 0.199. The number of imidazole rings is 1. The number of benzene rings is 1. The Morgan fingerprint density at radius 2 is 1.90 bits per heavy atom. The summed E-state index contributed by atoms with van der Waals surface area (Å²) in [5, 5.41) is 11.7. The van der Waals surface area contributed by atoms with Gasteiger partial charge in [-0.25, -0.2) is 4.98 Å². The molecule has 0 unspecified atom stereocenters. The van der Waals surface area contributed by atoms with E-state index in [1.807, 2.05) is 23.9 Å². The third kappa shape index (κ3) is 3.94. The zero-order valence-electron chi connectivity index (χ0n) is 18.2. The number of fused-ring (bicyclic) bond motifs is 2. The lowest BCUT2D eigenvalue weighted by atomic mass is 9.65. The topological polar surface area (TPSA) is 69.0 Å². The minimum atomic E-state index is -0.830. The number of aliphatic hydroxyl groups is 1. The van der Waals surface area contributed by atoms with Crippen LogP contribution in [0.15, 0.2) is 30.6 Å². The van der Waals surface area contributed by atoms with Crippen LogP contribution in [0.3, 0.4) is 0 Å². The molecule has 0 amide bonds. The van der Waals surface area contributed by atoms with Gasteiger partial charge in [-0.3, -0.25) is 4.90 Å². The fraction of sp³-hybridized carbons (Fsp3) is 0.609. The minimum Gasteiger partial charge on any atom is -0.493 e. The smallest absolute Gasteiger partial charge is 0.161 e. The fourth-order valence-corrected chi connectivity index (χ4v) is 5.21. The van der Waals surface area contributed by atoms with Gasteiger partial charge in [0, 0.05) is 58.0 Å². The molecular weight excluding hydrogens is 382 g/mol. The van der Waals surface area contributed by atoms with E-state index in [1.54, 1.807) is 20.4 Å². The summed E-state index contributed by atoms with van der Waals surface area (Å²) in [6, 6.07) is 6.12. The summed E-state index contributed by atoms with van der Waals surface area (Å²) in [4.78, 5) is 6.99. The Morgan fingerprint density at radius 1 is 1.13 bits per heavy atom. The number of aryl methyl sites for hydroxylation is 1. The quantitative estimate of drug-likeness (QED) is 0.669. The van der Waals surface area contributed by atoms with E-state index >= 15 is 0 Å². The Kier molecular flexibility index (Phi) is 6.32. The Hall–Kier alpha value is -2.09. The maximum Gasteiger partial charge on any atom is 0.161 e. The van der Waals surface area contributed by atoms with Gasteiger partial charge in [0.25, 0.3) is 0 Å². The molecule has 2 aromatic rings. The van der Waals surface area contributed by atoms with Crippen LogP contribution in [0.25, 0.3) is 0 Å². The van der Waals surface area contributed by atoms with Gasteiger partial charge in [-0.2, -0.15) is 0 Å². The summed E-state index contributed by atoms with van der Waals surface area (Å²) in [6.45, 7) is 3.61. The number of ether oxygens (including phenoxy) is 3. The molecule has 2 fully saturated rings. The first-order chi connectivity index (χ1) is 14.6. The van der Waals surface area contributed by atoms with Crippen LogP contribution in [0.4, 0.5) is 0 Å². The van der Waals surface area contributed by atoms with Gasteiger partial charge in [0.15, 0.2) is 11.5 Å². The molecule has 164 valence electrons. The van der Waals surface area contributed by atoms with Gasteiger partial charge < -0.3 is 23.9 Å².